The van der Waals surface area contributed by atoms with Crippen LogP contribution in [0.15, 0.2) is 53.5 Å². The van der Waals surface area contributed by atoms with E-state index >= 15 is 0 Å². The first-order valence-electron chi connectivity index (χ1n) is 10.5. The topological polar surface area (TPSA) is 54.9 Å². The summed E-state index contributed by atoms with van der Waals surface area (Å²) in [6, 6.07) is 16.9. The van der Waals surface area contributed by atoms with Crippen LogP contribution < -0.4 is 15.4 Å². The van der Waals surface area contributed by atoms with Crippen molar-refractivity contribution < 1.29 is 9.47 Å². The zero-order valence-electron chi connectivity index (χ0n) is 17.6. The van der Waals surface area contributed by atoms with Gasteiger partial charge in [0.1, 0.15) is 5.75 Å². The number of aliphatic imine (C=N–C) groups is 1. The molecule has 0 saturated carbocycles. The summed E-state index contributed by atoms with van der Waals surface area (Å²) in [5.74, 6) is 2.26. The van der Waals surface area contributed by atoms with E-state index in [-0.39, 0.29) is 0 Å². The molecule has 2 aromatic rings. The maximum absolute atomic E-state index is 6.14. The van der Waals surface area contributed by atoms with E-state index in [0.29, 0.717) is 19.1 Å². The van der Waals surface area contributed by atoms with Crippen molar-refractivity contribution in [2.75, 3.05) is 33.4 Å². The van der Waals surface area contributed by atoms with E-state index in [9.17, 15) is 0 Å². The normalized spacial score (nSPS) is 16.6. The minimum absolute atomic E-state index is 0.496. The summed E-state index contributed by atoms with van der Waals surface area (Å²) in [6.07, 6.45) is 3.21. The second kappa shape index (κ2) is 11.5. The number of benzene rings is 2. The molecule has 1 atom stereocenters. The Bertz CT molecular complexity index is 771. The standard InChI is InChI=1S/C24H33N3O2/c1-19-10-11-22(23(15-19)29-18-21-12-14-28-17-21)16-27-24(25-2)26-13-6-9-20-7-4-3-5-8-20/h3-5,7-8,10-11,15,21H,6,9,12-14,16-18H2,1-2H3,(H2,25,26,27). The number of nitrogens with zero attached hydrogens (tertiary/aromatic N) is 1. The monoisotopic (exact) mass is 395 g/mol. The van der Waals surface area contributed by atoms with Gasteiger partial charge in [0.2, 0.25) is 0 Å². The number of rotatable bonds is 9. The first-order chi connectivity index (χ1) is 14.2. The van der Waals surface area contributed by atoms with E-state index in [1.54, 1.807) is 7.05 Å². The van der Waals surface area contributed by atoms with E-state index in [1.165, 1.54) is 11.1 Å². The fourth-order valence-corrected chi connectivity index (χ4v) is 3.41. The van der Waals surface area contributed by atoms with Gasteiger partial charge in [0, 0.05) is 38.2 Å². The van der Waals surface area contributed by atoms with Crippen LogP contribution in [-0.4, -0.2) is 39.4 Å². The van der Waals surface area contributed by atoms with Gasteiger partial charge < -0.3 is 20.1 Å². The van der Waals surface area contributed by atoms with Crippen molar-refractivity contribution in [2.24, 2.45) is 10.9 Å². The number of guanidine groups is 1. The number of hydrogen-bond donors (Lipinski definition) is 2. The molecule has 5 heteroatoms. The highest BCUT2D eigenvalue weighted by Gasteiger charge is 2.17. The third-order valence-electron chi connectivity index (χ3n) is 5.17. The van der Waals surface area contributed by atoms with Crippen molar-refractivity contribution in [3.05, 3.63) is 65.2 Å². The first-order valence-corrected chi connectivity index (χ1v) is 10.5. The van der Waals surface area contributed by atoms with Gasteiger partial charge in [-0.15, -0.1) is 0 Å². The number of hydrogen-bond acceptors (Lipinski definition) is 3. The lowest BCUT2D eigenvalue weighted by molar-refractivity contribution is 0.166. The second-order valence-electron chi connectivity index (χ2n) is 7.59. The summed E-state index contributed by atoms with van der Waals surface area (Å²) >= 11 is 0. The van der Waals surface area contributed by atoms with E-state index in [1.807, 2.05) is 0 Å². The Kier molecular flexibility index (Phi) is 8.38. The van der Waals surface area contributed by atoms with Crippen molar-refractivity contribution in [1.29, 1.82) is 0 Å². The summed E-state index contributed by atoms with van der Waals surface area (Å²) in [5.41, 5.74) is 3.71. The predicted octanol–water partition coefficient (Wildman–Crippen LogP) is 3.71. The molecule has 0 radical (unpaired) electrons. The lowest BCUT2D eigenvalue weighted by Crippen LogP contribution is -2.37. The van der Waals surface area contributed by atoms with E-state index < -0.39 is 0 Å². The molecule has 5 nitrogen and oxygen atoms in total. The van der Waals surface area contributed by atoms with Gasteiger partial charge in [-0.25, -0.2) is 0 Å². The Morgan fingerprint density at radius 3 is 2.79 bits per heavy atom. The van der Waals surface area contributed by atoms with Crippen LogP contribution in [0.25, 0.3) is 0 Å². The van der Waals surface area contributed by atoms with Crippen LogP contribution in [0.1, 0.15) is 29.5 Å². The maximum Gasteiger partial charge on any atom is 0.191 e. The van der Waals surface area contributed by atoms with Crippen molar-refractivity contribution in [3.63, 3.8) is 0 Å². The molecule has 2 N–H and O–H groups in total. The maximum atomic E-state index is 6.14. The second-order valence-corrected chi connectivity index (χ2v) is 7.59. The Morgan fingerprint density at radius 1 is 1.17 bits per heavy atom. The van der Waals surface area contributed by atoms with Crippen molar-refractivity contribution in [3.8, 4) is 5.75 Å². The minimum Gasteiger partial charge on any atom is -0.493 e. The van der Waals surface area contributed by atoms with Gasteiger partial charge in [-0.1, -0.05) is 42.5 Å². The van der Waals surface area contributed by atoms with Gasteiger partial charge in [0.25, 0.3) is 0 Å². The van der Waals surface area contributed by atoms with Crippen molar-refractivity contribution in [1.82, 2.24) is 10.6 Å². The summed E-state index contributed by atoms with van der Waals surface area (Å²) in [7, 11) is 1.80. The van der Waals surface area contributed by atoms with E-state index in [4.69, 9.17) is 9.47 Å². The summed E-state index contributed by atoms with van der Waals surface area (Å²) in [5, 5.41) is 6.81. The fraction of sp³-hybridized carbons (Fsp3) is 0.458. The molecule has 156 valence electrons. The molecule has 0 amide bonds. The highest BCUT2D eigenvalue weighted by Crippen LogP contribution is 2.22. The zero-order chi connectivity index (χ0) is 20.3. The molecule has 1 fully saturated rings. The Labute approximate surface area is 174 Å². The van der Waals surface area contributed by atoms with Crippen molar-refractivity contribution >= 4 is 5.96 Å². The third-order valence-corrected chi connectivity index (χ3v) is 5.17. The number of nitrogens with one attached hydrogen (secondary N) is 2. The number of ether oxygens (including phenoxy) is 2. The Hall–Kier alpha value is -2.53. The molecule has 1 aliphatic heterocycles. The largest absolute Gasteiger partial charge is 0.493 e. The summed E-state index contributed by atoms with van der Waals surface area (Å²) < 4.78 is 11.6. The first kappa shape index (κ1) is 21.2. The Morgan fingerprint density at radius 2 is 2.03 bits per heavy atom. The van der Waals surface area contributed by atoms with Gasteiger partial charge >= 0.3 is 0 Å². The van der Waals surface area contributed by atoms with Crippen LogP contribution in [0.3, 0.4) is 0 Å². The van der Waals surface area contributed by atoms with Gasteiger partial charge in [-0.05, 0) is 43.4 Å². The summed E-state index contributed by atoms with van der Waals surface area (Å²) in [4.78, 5) is 4.34. The van der Waals surface area contributed by atoms with E-state index in [0.717, 1.165) is 56.3 Å². The lowest BCUT2D eigenvalue weighted by atomic mass is 10.1. The molecule has 0 aromatic heterocycles. The van der Waals surface area contributed by atoms with E-state index in [2.05, 4.69) is 71.1 Å². The molecular weight excluding hydrogens is 362 g/mol. The van der Waals surface area contributed by atoms with Gasteiger partial charge in [-0.3, -0.25) is 4.99 Å². The molecule has 1 saturated heterocycles. The fourth-order valence-electron chi connectivity index (χ4n) is 3.41. The molecule has 3 rings (SSSR count). The highest BCUT2D eigenvalue weighted by molar-refractivity contribution is 5.79. The average molecular weight is 396 g/mol. The molecule has 1 aliphatic rings. The molecule has 29 heavy (non-hydrogen) atoms. The molecule has 0 aliphatic carbocycles. The van der Waals surface area contributed by atoms with Crippen LogP contribution >= 0.6 is 0 Å². The summed E-state index contributed by atoms with van der Waals surface area (Å²) in [6.45, 7) is 6.02. The predicted molar refractivity (Wildman–Crippen MR) is 119 cm³/mol. The smallest absolute Gasteiger partial charge is 0.191 e. The number of aryl methyl sites for hydroxylation is 2. The van der Waals surface area contributed by atoms with Crippen LogP contribution in [0.2, 0.25) is 0 Å². The SMILES string of the molecule is CN=C(NCCCc1ccccc1)NCc1ccc(C)cc1OCC1CCOC1. The molecule has 0 spiro atoms. The average Bonchev–Trinajstić information content (AvgIpc) is 3.27. The van der Waals surface area contributed by atoms with Crippen LogP contribution in [0.5, 0.6) is 5.75 Å². The van der Waals surface area contributed by atoms with Gasteiger partial charge in [0.15, 0.2) is 5.96 Å². The Balaban J connectivity index is 1.45. The molecular formula is C24H33N3O2. The molecule has 1 unspecified atom stereocenters. The highest BCUT2D eigenvalue weighted by atomic mass is 16.5. The molecule has 2 aromatic carbocycles. The third kappa shape index (κ3) is 7.09. The van der Waals surface area contributed by atoms with Crippen LogP contribution in [-0.2, 0) is 17.7 Å². The van der Waals surface area contributed by atoms with Crippen LogP contribution in [0.4, 0.5) is 0 Å². The minimum atomic E-state index is 0.496. The zero-order valence-corrected chi connectivity index (χ0v) is 17.6. The molecule has 0 bridgehead atoms. The van der Waals surface area contributed by atoms with Gasteiger partial charge in [-0.2, -0.15) is 0 Å². The van der Waals surface area contributed by atoms with Crippen LogP contribution in [0, 0.1) is 12.8 Å². The lowest BCUT2D eigenvalue weighted by Gasteiger charge is -2.17. The quantitative estimate of drug-likeness (QED) is 0.386. The van der Waals surface area contributed by atoms with Gasteiger partial charge in [0.05, 0.1) is 13.2 Å². The molecule has 1 heterocycles. The van der Waals surface area contributed by atoms with Crippen molar-refractivity contribution in [2.45, 2.75) is 32.7 Å².